The van der Waals surface area contributed by atoms with Crippen molar-refractivity contribution in [2.24, 2.45) is 0 Å². The van der Waals surface area contributed by atoms with E-state index in [1.54, 1.807) is 6.92 Å². The maximum atomic E-state index is 12.6. The highest BCUT2D eigenvalue weighted by Crippen LogP contribution is 2.32. The molecule has 2 heterocycles. The summed E-state index contributed by atoms with van der Waals surface area (Å²) in [5, 5.41) is 6.56. The first-order chi connectivity index (χ1) is 16.5. The van der Waals surface area contributed by atoms with Gasteiger partial charge in [0.2, 0.25) is 0 Å². The SMILES string of the molecule is Cc1ncc(C(=O)NC2=C=CC=C(c3cc(NC4CC4)cc(N4CCN(C)CC4)c3)C=C2)cn1. The fourth-order valence-corrected chi connectivity index (χ4v) is 4.04. The molecule has 1 saturated heterocycles. The number of nitrogens with zero attached hydrogens (tertiary/aromatic N) is 4. The van der Waals surface area contributed by atoms with Gasteiger partial charge in [-0.3, -0.25) is 4.79 Å². The van der Waals surface area contributed by atoms with E-state index in [1.165, 1.54) is 30.9 Å². The third-order valence-corrected chi connectivity index (χ3v) is 6.29. The summed E-state index contributed by atoms with van der Waals surface area (Å²) < 4.78 is 0. The highest BCUT2D eigenvalue weighted by Gasteiger charge is 2.22. The van der Waals surface area contributed by atoms with Crippen LogP contribution in [0, 0.1) is 6.92 Å². The van der Waals surface area contributed by atoms with Gasteiger partial charge in [-0.05, 0) is 74.4 Å². The third-order valence-electron chi connectivity index (χ3n) is 6.29. The molecule has 1 aromatic carbocycles. The first kappa shape index (κ1) is 22.1. The number of hydrogen-bond acceptors (Lipinski definition) is 6. The highest BCUT2D eigenvalue weighted by molar-refractivity contribution is 5.95. The third kappa shape index (κ3) is 5.45. The Morgan fingerprint density at radius 1 is 1.06 bits per heavy atom. The Morgan fingerprint density at radius 3 is 2.56 bits per heavy atom. The number of likely N-dealkylation sites (N-methyl/N-ethyl adjacent to an activating group) is 1. The quantitative estimate of drug-likeness (QED) is 0.651. The first-order valence-electron chi connectivity index (χ1n) is 11.8. The number of nitrogens with one attached hydrogen (secondary N) is 2. The van der Waals surface area contributed by atoms with E-state index < -0.39 is 0 Å². The lowest BCUT2D eigenvalue weighted by atomic mass is 10.0. The molecule has 0 bridgehead atoms. The van der Waals surface area contributed by atoms with E-state index in [-0.39, 0.29) is 5.91 Å². The summed E-state index contributed by atoms with van der Waals surface area (Å²) in [5.41, 5.74) is 8.81. The van der Waals surface area contributed by atoms with Crippen molar-refractivity contribution in [2.75, 3.05) is 43.4 Å². The van der Waals surface area contributed by atoms with Crippen LogP contribution < -0.4 is 15.5 Å². The number of benzene rings is 1. The number of aromatic nitrogens is 2. The molecule has 2 fully saturated rings. The van der Waals surface area contributed by atoms with Gasteiger partial charge in [-0.2, -0.15) is 0 Å². The Bertz CT molecular complexity index is 1190. The van der Waals surface area contributed by atoms with Gasteiger partial charge in [-0.25, -0.2) is 9.97 Å². The molecule has 34 heavy (non-hydrogen) atoms. The standard InChI is InChI=1S/C27H30N6O/c1-19-28-17-22(18-29-19)27(34)31-23-5-3-4-20(6-7-23)21-14-25(30-24-8-9-24)16-26(15-21)33-12-10-32(2)11-13-33/h3-4,6-7,14-18,24,30H,8-13H2,1-2H3,(H,31,34). The molecule has 1 saturated carbocycles. The molecule has 7 heteroatoms. The lowest BCUT2D eigenvalue weighted by Crippen LogP contribution is -2.44. The zero-order chi connectivity index (χ0) is 23.5. The van der Waals surface area contributed by atoms with Gasteiger partial charge in [0.15, 0.2) is 0 Å². The minimum absolute atomic E-state index is 0.253. The van der Waals surface area contributed by atoms with Crippen LogP contribution in [-0.2, 0) is 0 Å². The van der Waals surface area contributed by atoms with E-state index in [4.69, 9.17) is 0 Å². The monoisotopic (exact) mass is 454 g/mol. The molecule has 1 aromatic heterocycles. The van der Waals surface area contributed by atoms with Crippen LogP contribution in [0.1, 0.15) is 34.6 Å². The zero-order valence-electron chi connectivity index (χ0n) is 19.7. The van der Waals surface area contributed by atoms with E-state index in [9.17, 15) is 4.79 Å². The van der Waals surface area contributed by atoms with Crippen molar-refractivity contribution in [3.05, 3.63) is 83.3 Å². The molecular weight excluding hydrogens is 424 g/mol. The number of carbonyl (C=O) groups is 1. The minimum Gasteiger partial charge on any atom is -0.382 e. The van der Waals surface area contributed by atoms with Crippen LogP contribution in [0.4, 0.5) is 11.4 Å². The number of piperazine rings is 1. The molecule has 0 spiro atoms. The second-order valence-corrected chi connectivity index (χ2v) is 9.13. The summed E-state index contributed by atoms with van der Waals surface area (Å²) in [6, 6.07) is 7.34. The molecule has 0 unspecified atom stereocenters. The molecule has 5 rings (SSSR count). The number of allylic oxidation sites excluding steroid dienone is 4. The van der Waals surface area contributed by atoms with Gasteiger partial charge in [0, 0.05) is 56.0 Å². The van der Waals surface area contributed by atoms with E-state index >= 15 is 0 Å². The van der Waals surface area contributed by atoms with Gasteiger partial charge >= 0.3 is 0 Å². The number of amides is 1. The summed E-state index contributed by atoms with van der Waals surface area (Å²) in [6.45, 7) is 5.98. The fraction of sp³-hybridized carbons (Fsp3) is 0.333. The molecule has 2 aliphatic carbocycles. The maximum Gasteiger partial charge on any atom is 0.259 e. The molecule has 174 valence electrons. The van der Waals surface area contributed by atoms with E-state index in [0.29, 0.717) is 23.1 Å². The maximum absolute atomic E-state index is 12.6. The normalized spacial score (nSPS) is 18.2. The summed E-state index contributed by atoms with van der Waals surface area (Å²) in [7, 11) is 2.18. The van der Waals surface area contributed by atoms with Crippen LogP contribution in [0.25, 0.3) is 5.57 Å². The predicted molar refractivity (Wildman–Crippen MR) is 136 cm³/mol. The number of aryl methyl sites for hydroxylation is 1. The van der Waals surface area contributed by atoms with Crippen LogP contribution in [0.15, 0.2) is 66.3 Å². The van der Waals surface area contributed by atoms with Crippen molar-refractivity contribution in [2.45, 2.75) is 25.8 Å². The average molecular weight is 455 g/mol. The van der Waals surface area contributed by atoms with Gasteiger partial charge in [0.25, 0.3) is 5.91 Å². The van der Waals surface area contributed by atoms with E-state index in [2.05, 4.69) is 61.4 Å². The second kappa shape index (κ2) is 9.67. The molecule has 0 radical (unpaired) electrons. The first-order valence-corrected chi connectivity index (χ1v) is 11.8. The van der Waals surface area contributed by atoms with Crippen molar-refractivity contribution in [3.8, 4) is 0 Å². The lowest BCUT2D eigenvalue weighted by Gasteiger charge is -2.34. The van der Waals surface area contributed by atoms with Gasteiger partial charge < -0.3 is 20.4 Å². The van der Waals surface area contributed by atoms with Crippen molar-refractivity contribution >= 4 is 22.9 Å². The van der Waals surface area contributed by atoms with Crippen molar-refractivity contribution in [1.29, 1.82) is 0 Å². The molecule has 1 amide bonds. The van der Waals surface area contributed by atoms with E-state index in [1.807, 2.05) is 24.3 Å². The molecule has 2 N–H and O–H groups in total. The number of rotatable bonds is 6. The fourth-order valence-electron chi connectivity index (χ4n) is 4.04. The van der Waals surface area contributed by atoms with Crippen LogP contribution >= 0.6 is 0 Å². The Kier molecular flexibility index (Phi) is 6.30. The average Bonchev–Trinajstić information content (AvgIpc) is 3.67. The summed E-state index contributed by atoms with van der Waals surface area (Å²) in [4.78, 5) is 25.6. The van der Waals surface area contributed by atoms with Crippen molar-refractivity contribution in [1.82, 2.24) is 20.2 Å². The van der Waals surface area contributed by atoms with Crippen LogP contribution in [0.3, 0.4) is 0 Å². The highest BCUT2D eigenvalue weighted by atomic mass is 16.1. The smallest absolute Gasteiger partial charge is 0.259 e. The molecule has 0 atom stereocenters. The minimum atomic E-state index is -0.253. The topological polar surface area (TPSA) is 73.4 Å². The summed E-state index contributed by atoms with van der Waals surface area (Å²) in [5.74, 6) is 0.380. The van der Waals surface area contributed by atoms with Gasteiger partial charge in [0.05, 0.1) is 11.3 Å². The van der Waals surface area contributed by atoms with Crippen LogP contribution in [-0.4, -0.2) is 60.0 Å². The molecule has 2 aromatic rings. The Labute approximate surface area is 200 Å². The second-order valence-electron chi connectivity index (χ2n) is 9.13. The Balaban J connectivity index is 1.34. The molecule has 3 aliphatic rings. The van der Waals surface area contributed by atoms with Gasteiger partial charge in [0.1, 0.15) is 5.82 Å². The van der Waals surface area contributed by atoms with Crippen molar-refractivity contribution in [3.63, 3.8) is 0 Å². The van der Waals surface area contributed by atoms with Crippen LogP contribution in [0.5, 0.6) is 0 Å². The molecule has 7 nitrogen and oxygen atoms in total. The molecule has 1 aliphatic heterocycles. The number of anilines is 2. The Hall–Kier alpha value is -3.67. The van der Waals surface area contributed by atoms with E-state index in [0.717, 1.165) is 43.0 Å². The summed E-state index contributed by atoms with van der Waals surface area (Å²) in [6.07, 6.45) is 13.3. The van der Waals surface area contributed by atoms with Crippen LogP contribution in [0.2, 0.25) is 0 Å². The largest absolute Gasteiger partial charge is 0.382 e. The summed E-state index contributed by atoms with van der Waals surface area (Å²) >= 11 is 0. The number of hydrogen-bond donors (Lipinski definition) is 2. The van der Waals surface area contributed by atoms with Gasteiger partial charge in [-0.1, -0.05) is 11.8 Å². The zero-order valence-corrected chi connectivity index (χ0v) is 19.7. The van der Waals surface area contributed by atoms with Crippen molar-refractivity contribution < 1.29 is 4.79 Å². The van der Waals surface area contributed by atoms with Gasteiger partial charge in [-0.15, -0.1) is 0 Å². The Morgan fingerprint density at radius 2 is 1.82 bits per heavy atom. The molecular formula is C27H30N6O. The number of carbonyl (C=O) groups excluding carboxylic acids is 1. The predicted octanol–water partition coefficient (Wildman–Crippen LogP) is 3.53. The lowest BCUT2D eigenvalue weighted by molar-refractivity contribution is 0.0966.